The first-order chi connectivity index (χ1) is 23.0. The molecular weight excluding hydrogens is 620 g/mol. The van der Waals surface area contributed by atoms with E-state index in [1.54, 1.807) is 22.9 Å². The summed E-state index contributed by atoms with van der Waals surface area (Å²) in [5.41, 5.74) is 9.22. The predicted molar refractivity (Wildman–Crippen MR) is 183 cm³/mol. The first-order valence-electron chi connectivity index (χ1n) is 16.9. The zero-order chi connectivity index (χ0) is 34.8. The average molecular weight is 670 g/mol. The average Bonchev–Trinajstić information content (AvgIpc) is 3.54. The van der Waals surface area contributed by atoms with Crippen LogP contribution in [0.5, 0.6) is 0 Å². The van der Waals surface area contributed by atoms with E-state index in [1.165, 1.54) is 25.4 Å². The molecule has 3 heterocycles. The molecule has 0 radical (unpaired) electrons. The lowest BCUT2D eigenvalue weighted by molar-refractivity contribution is -0.137. The number of fused-ring (bicyclic) bond motifs is 1. The number of carbonyl (C=O) groups is 3. The Hall–Kier alpha value is -4.29. The van der Waals surface area contributed by atoms with Crippen molar-refractivity contribution in [1.29, 1.82) is 5.41 Å². The van der Waals surface area contributed by atoms with Gasteiger partial charge in [-0.2, -0.15) is 0 Å². The summed E-state index contributed by atoms with van der Waals surface area (Å²) in [5.74, 6) is -0.591. The van der Waals surface area contributed by atoms with Crippen molar-refractivity contribution in [2.24, 2.45) is 10.7 Å². The fourth-order valence-electron chi connectivity index (χ4n) is 6.82. The number of unbranched alkanes of at least 4 members (excludes halogenated alkanes) is 4. The molecule has 2 amide bonds. The number of nitrogens with zero attached hydrogens (tertiary/aromatic N) is 4. The molecule has 1 fully saturated rings. The molecule has 0 bridgehead atoms. The molecular formula is C35H49F2N7O4. The van der Waals surface area contributed by atoms with Crippen LogP contribution in [-0.4, -0.2) is 90.6 Å². The maximum absolute atomic E-state index is 14.4. The number of allylic oxidation sites excluding steroid dienone is 1. The van der Waals surface area contributed by atoms with Gasteiger partial charge in [0.2, 0.25) is 11.8 Å². The number of alkyl halides is 2. The molecule has 1 unspecified atom stereocenters. The molecule has 11 nitrogen and oxygen atoms in total. The van der Waals surface area contributed by atoms with Crippen LogP contribution in [0.2, 0.25) is 0 Å². The third-order valence-corrected chi connectivity index (χ3v) is 9.41. The Morgan fingerprint density at radius 3 is 2.48 bits per heavy atom. The van der Waals surface area contributed by atoms with Crippen molar-refractivity contribution in [1.82, 2.24) is 15.1 Å². The Morgan fingerprint density at radius 2 is 1.81 bits per heavy atom. The minimum Gasteiger partial charge on any atom is -0.481 e. The van der Waals surface area contributed by atoms with E-state index >= 15 is 0 Å². The van der Waals surface area contributed by atoms with E-state index in [0.717, 1.165) is 49.8 Å². The molecule has 262 valence electrons. The molecule has 1 aromatic carbocycles. The summed E-state index contributed by atoms with van der Waals surface area (Å²) in [6.45, 7) is 3.89. The van der Waals surface area contributed by atoms with Gasteiger partial charge in [0.25, 0.3) is 6.43 Å². The maximum Gasteiger partial charge on any atom is 0.303 e. The number of carboxylic acids is 1. The van der Waals surface area contributed by atoms with Gasteiger partial charge in [0.05, 0.1) is 6.54 Å². The smallest absolute Gasteiger partial charge is 0.303 e. The first-order valence-corrected chi connectivity index (χ1v) is 16.9. The van der Waals surface area contributed by atoms with E-state index in [4.69, 9.17) is 10.8 Å². The molecule has 3 aliphatic heterocycles. The first kappa shape index (κ1) is 36.5. The zero-order valence-corrected chi connectivity index (χ0v) is 28.1. The number of halogens is 2. The second kappa shape index (κ2) is 17.2. The van der Waals surface area contributed by atoms with Crippen LogP contribution in [-0.2, 0) is 20.8 Å². The Kier molecular flexibility index (Phi) is 13.1. The Morgan fingerprint density at radius 1 is 1.08 bits per heavy atom. The number of hydrogen-bond acceptors (Lipinski definition) is 7. The highest BCUT2D eigenvalue weighted by Gasteiger charge is 2.33. The van der Waals surface area contributed by atoms with Gasteiger partial charge in [-0.15, -0.1) is 0 Å². The summed E-state index contributed by atoms with van der Waals surface area (Å²) >= 11 is 0. The maximum atomic E-state index is 14.4. The van der Waals surface area contributed by atoms with Gasteiger partial charge < -0.3 is 30.9 Å². The van der Waals surface area contributed by atoms with Crippen molar-refractivity contribution in [3.8, 4) is 0 Å². The Bertz CT molecular complexity index is 1460. The molecule has 4 rings (SSSR count). The number of aryl methyl sites for hydroxylation is 1. The number of benzene rings is 1. The van der Waals surface area contributed by atoms with Crippen LogP contribution in [0.4, 0.5) is 14.5 Å². The molecule has 1 atom stereocenters. The molecule has 1 aromatic rings. The number of amides is 2. The van der Waals surface area contributed by atoms with Gasteiger partial charge in [-0.25, -0.2) is 8.78 Å². The highest BCUT2D eigenvalue weighted by Crippen LogP contribution is 2.38. The SMILES string of the molecule is CN=CC(=CN)c1cc2c(cc1C(F)F)N(C(=N)C1=C(NC3CCN(C(=O)CCCCCCCC(=O)O)C3)CCN(C(C)=O)C1)CCC2. The summed E-state index contributed by atoms with van der Waals surface area (Å²) < 4.78 is 28.8. The lowest BCUT2D eigenvalue weighted by Crippen LogP contribution is -2.46. The molecule has 13 heteroatoms. The summed E-state index contributed by atoms with van der Waals surface area (Å²) in [4.78, 5) is 45.3. The lowest BCUT2D eigenvalue weighted by atomic mass is 9.91. The lowest BCUT2D eigenvalue weighted by Gasteiger charge is -2.38. The van der Waals surface area contributed by atoms with Crippen molar-refractivity contribution in [3.63, 3.8) is 0 Å². The van der Waals surface area contributed by atoms with Gasteiger partial charge in [0.1, 0.15) is 5.84 Å². The number of rotatable bonds is 14. The van der Waals surface area contributed by atoms with Crippen LogP contribution in [0.25, 0.3) is 5.57 Å². The summed E-state index contributed by atoms with van der Waals surface area (Å²) in [6.07, 6.45) is 7.36. The quantitative estimate of drug-likeness (QED) is 0.125. The van der Waals surface area contributed by atoms with Crippen LogP contribution in [0.3, 0.4) is 0 Å². The number of aliphatic imine (C=N–C) groups is 1. The van der Waals surface area contributed by atoms with Crippen LogP contribution in [0.15, 0.2) is 34.6 Å². The number of carbonyl (C=O) groups excluding carboxylic acids is 2. The molecule has 0 spiro atoms. The molecule has 48 heavy (non-hydrogen) atoms. The number of amidine groups is 1. The van der Waals surface area contributed by atoms with E-state index < -0.39 is 12.4 Å². The van der Waals surface area contributed by atoms with Gasteiger partial charge in [-0.05, 0) is 55.4 Å². The van der Waals surface area contributed by atoms with Crippen molar-refractivity contribution in [2.45, 2.75) is 90.0 Å². The van der Waals surface area contributed by atoms with E-state index in [1.807, 2.05) is 4.90 Å². The number of nitrogens with one attached hydrogen (secondary N) is 2. The van der Waals surface area contributed by atoms with Crippen LogP contribution in [0, 0.1) is 5.41 Å². The number of carboxylic acid groups (broad SMARTS) is 1. The van der Waals surface area contributed by atoms with E-state index in [2.05, 4.69) is 10.3 Å². The van der Waals surface area contributed by atoms with Gasteiger partial charge in [-0.1, -0.05) is 19.3 Å². The standard InChI is InChI=1S/C35H49F2N7O4/c1-23(45)42-16-13-30(41-26-12-15-43(21-26)32(46)10-6-4-3-5-7-11-33(47)48)29(22-42)35(39)44-14-8-9-24-17-27(25(19-38)20-40-2)28(34(36)37)18-31(24)44/h17-20,26,34,39,41H,3-16,21-22,38H2,1-2H3,(H,47,48). The zero-order valence-electron chi connectivity index (χ0n) is 28.1. The topological polar surface area (TPSA) is 155 Å². The van der Waals surface area contributed by atoms with Gasteiger partial charge >= 0.3 is 5.97 Å². The van der Waals surface area contributed by atoms with E-state index in [-0.39, 0.29) is 42.2 Å². The van der Waals surface area contributed by atoms with Gasteiger partial charge in [0.15, 0.2) is 0 Å². The fourth-order valence-corrected chi connectivity index (χ4v) is 6.82. The second-order valence-electron chi connectivity index (χ2n) is 12.8. The number of aliphatic carboxylic acids is 1. The van der Waals surface area contributed by atoms with Crippen molar-refractivity contribution < 1.29 is 28.3 Å². The summed E-state index contributed by atoms with van der Waals surface area (Å²) in [5, 5.41) is 21.7. The predicted octanol–water partition coefficient (Wildman–Crippen LogP) is 4.87. The molecule has 0 aromatic heterocycles. The number of likely N-dealkylation sites (tertiary alicyclic amines) is 1. The summed E-state index contributed by atoms with van der Waals surface area (Å²) in [6, 6.07) is 3.19. The second-order valence-corrected chi connectivity index (χ2v) is 12.8. The number of nitrogens with two attached hydrogens (primary N) is 1. The largest absolute Gasteiger partial charge is 0.481 e. The van der Waals surface area contributed by atoms with Gasteiger partial charge in [-0.3, -0.25) is 24.8 Å². The highest BCUT2D eigenvalue weighted by atomic mass is 19.3. The summed E-state index contributed by atoms with van der Waals surface area (Å²) in [7, 11) is 1.55. The third-order valence-electron chi connectivity index (χ3n) is 9.41. The molecule has 0 aliphatic carbocycles. The highest BCUT2D eigenvalue weighted by molar-refractivity contribution is 6.12. The van der Waals surface area contributed by atoms with E-state index in [0.29, 0.717) is 74.3 Å². The minimum absolute atomic E-state index is 0.00464. The minimum atomic E-state index is -2.76. The van der Waals surface area contributed by atoms with Crippen LogP contribution < -0.4 is 16.0 Å². The van der Waals surface area contributed by atoms with Crippen molar-refractivity contribution >= 4 is 41.1 Å². The molecule has 1 saturated heterocycles. The van der Waals surface area contributed by atoms with Crippen LogP contribution in [0.1, 0.15) is 94.2 Å². The Labute approximate surface area is 281 Å². The molecule has 5 N–H and O–H groups in total. The Balaban J connectivity index is 1.49. The van der Waals surface area contributed by atoms with Crippen molar-refractivity contribution in [3.05, 3.63) is 46.3 Å². The molecule has 0 saturated carbocycles. The number of anilines is 1. The van der Waals surface area contributed by atoms with Crippen molar-refractivity contribution in [2.75, 3.05) is 44.7 Å². The van der Waals surface area contributed by atoms with Crippen LogP contribution >= 0.6 is 0 Å². The number of hydrogen-bond donors (Lipinski definition) is 4. The third kappa shape index (κ3) is 9.19. The molecule has 3 aliphatic rings. The van der Waals surface area contributed by atoms with Gasteiger partial charge in [0, 0.05) is 106 Å². The fraction of sp³-hybridized carbons (Fsp3) is 0.571. The monoisotopic (exact) mass is 669 g/mol. The van der Waals surface area contributed by atoms with E-state index in [9.17, 15) is 28.6 Å². The normalized spacial score (nSPS) is 18.6.